The molecule has 1 aromatic carbocycles. The number of anilines is 1. The molecule has 2 atom stereocenters. The van der Waals surface area contributed by atoms with Crippen molar-refractivity contribution in [2.24, 2.45) is 0 Å². The molecule has 9 heteroatoms. The first-order valence-electron chi connectivity index (χ1n) is 8.10. The normalized spacial score (nSPS) is 20.3. The van der Waals surface area contributed by atoms with Crippen LogP contribution in [0, 0.1) is 6.92 Å². The number of phenolic OH excluding ortho intramolecular Hbond substituents is 1. The second-order valence-electron chi connectivity index (χ2n) is 6.31. The van der Waals surface area contributed by atoms with Crippen LogP contribution in [0.5, 0.6) is 5.75 Å². The average molecular weight is 370 g/mol. The van der Waals surface area contributed by atoms with E-state index in [2.05, 4.69) is 20.8 Å². The Hall–Kier alpha value is -2.42. The van der Waals surface area contributed by atoms with Crippen LogP contribution >= 0.6 is 0 Å². The van der Waals surface area contributed by atoms with Crippen molar-refractivity contribution in [3.63, 3.8) is 0 Å². The van der Waals surface area contributed by atoms with E-state index in [4.69, 9.17) is 0 Å². The third kappa shape index (κ3) is 4.04. The van der Waals surface area contributed by atoms with Crippen molar-refractivity contribution in [2.75, 3.05) is 18.4 Å². The molecule has 2 heterocycles. The summed E-state index contributed by atoms with van der Waals surface area (Å²) in [6.45, 7) is 2.29. The van der Waals surface area contributed by atoms with Gasteiger partial charge in [0.1, 0.15) is 17.7 Å². The van der Waals surface area contributed by atoms with Crippen molar-refractivity contribution in [2.45, 2.75) is 31.7 Å². The minimum atomic E-state index is -4.53. The van der Waals surface area contributed by atoms with Gasteiger partial charge in [-0.05, 0) is 43.2 Å². The quantitative estimate of drug-likeness (QED) is 0.721. The van der Waals surface area contributed by atoms with E-state index in [1.54, 1.807) is 12.1 Å². The maximum absolute atomic E-state index is 13.1. The molecule has 3 N–H and O–H groups in total. The van der Waals surface area contributed by atoms with Crippen LogP contribution in [0.25, 0.3) is 11.3 Å². The van der Waals surface area contributed by atoms with Gasteiger partial charge >= 0.3 is 6.18 Å². The van der Waals surface area contributed by atoms with Crippen molar-refractivity contribution in [1.29, 1.82) is 0 Å². The molecule has 140 valence electrons. The Morgan fingerprint density at radius 2 is 2.04 bits per heavy atom. The number of hydrogen-bond donors (Lipinski definition) is 3. The van der Waals surface area contributed by atoms with Crippen LogP contribution in [0.4, 0.5) is 23.4 Å². The van der Waals surface area contributed by atoms with Crippen molar-refractivity contribution < 1.29 is 22.7 Å². The van der Waals surface area contributed by atoms with E-state index in [1.165, 1.54) is 6.92 Å². The Labute approximate surface area is 147 Å². The third-order valence-electron chi connectivity index (χ3n) is 4.26. The Balaban J connectivity index is 1.74. The topological polar surface area (TPSA) is 70.1 Å². The zero-order chi connectivity index (χ0) is 18.9. The molecule has 0 bridgehead atoms. The van der Waals surface area contributed by atoms with Gasteiger partial charge in [-0.1, -0.05) is 0 Å². The highest BCUT2D eigenvalue weighted by molar-refractivity contribution is 5.71. The van der Waals surface area contributed by atoms with Gasteiger partial charge in [-0.2, -0.15) is 13.2 Å². The molecule has 0 amide bonds. The van der Waals surface area contributed by atoms with E-state index in [-0.39, 0.29) is 22.9 Å². The van der Waals surface area contributed by atoms with E-state index in [0.717, 1.165) is 6.07 Å². The number of nitrogens with zero attached hydrogens (tertiary/aromatic N) is 2. The van der Waals surface area contributed by atoms with Crippen LogP contribution in [-0.4, -0.2) is 40.6 Å². The van der Waals surface area contributed by atoms with Crippen LogP contribution in [0.2, 0.25) is 0 Å². The fourth-order valence-electron chi connectivity index (χ4n) is 2.98. The molecule has 1 fully saturated rings. The van der Waals surface area contributed by atoms with Gasteiger partial charge in [-0.3, -0.25) is 0 Å². The number of aryl methyl sites for hydroxylation is 1. The molecular formula is C17H18F4N4O. The molecule has 0 aliphatic carbocycles. The second kappa shape index (κ2) is 7.06. The van der Waals surface area contributed by atoms with Gasteiger partial charge in [0.15, 0.2) is 0 Å². The Morgan fingerprint density at radius 1 is 1.27 bits per heavy atom. The highest BCUT2D eigenvalue weighted by Gasteiger charge is 2.32. The fourth-order valence-corrected chi connectivity index (χ4v) is 2.98. The lowest BCUT2D eigenvalue weighted by molar-refractivity contribution is -0.137. The largest absolute Gasteiger partial charge is 0.507 e. The van der Waals surface area contributed by atoms with Crippen molar-refractivity contribution in [3.05, 3.63) is 35.4 Å². The summed E-state index contributed by atoms with van der Waals surface area (Å²) in [4.78, 5) is 0. The van der Waals surface area contributed by atoms with Gasteiger partial charge in [0.05, 0.1) is 11.3 Å². The number of phenols is 1. The number of hydrogen-bond acceptors (Lipinski definition) is 5. The van der Waals surface area contributed by atoms with Crippen LogP contribution in [0.1, 0.15) is 17.5 Å². The van der Waals surface area contributed by atoms with Crippen LogP contribution in [0.15, 0.2) is 24.3 Å². The molecule has 3 rings (SSSR count). The highest BCUT2D eigenvalue weighted by Crippen LogP contribution is 2.38. The van der Waals surface area contributed by atoms with E-state index < -0.39 is 23.7 Å². The number of nitrogens with one attached hydrogen (secondary N) is 2. The lowest BCUT2D eigenvalue weighted by Gasteiger charge is -2.14. The van der Waals surface area contributed by atoms with Crippen LogP contribution < -0.4 is 10.6 Å². The molecule has 1 aromatic heterocycles. The molecule has 2 aromatic rings. The molecule has 1 aliphatic rings. The Morgan fingerprint density at radius 3 is 2.58 bits per heavy atom. The van der Waals surface area contributed by atoms with E-state index in [1.807, 2.05) is 0 Å². The van der Waals surface area contributed by atoms with Gasteiger partial charge in [-0.25, -0.2) is 4.39 Å². The van der Waals surface area contributed by atoms with Gasteiger partial charge in [-0.15, -0.1) is 10.2 Å². The maximum Gasteiger partial charge on any atom is 0.416 e. The monoisotopic (exact) mass is 370 g/mol. The molecule has 5 nitrogen and oxygen atoms in total. The minimum absolute atomic E-state index is 0.00711. The van der Waals surface area contributed by atoms with Crippen molar-refractivity contribution in [1.82, 2.24) is 15.5 Å². The fraction of sp³-hybridized carbons (Fsp3) is 0.412. The summed E-state index contributed by atoms with van der Waals surface area (Å²) in [5, 5.41) is 24.0. The lowest BCUT2D eigenvalue weighted by Crippen LogP contribution is -2.29. The summed E-state index contributed by atoms with van der Waals surface area (Å²) >= 11 is 0. The van der Waals surface area contributed by atoms with Crippen molar-refractivity contribution >= 4 is 5.82 Å². The number of alkyl halides is 4. The first-order chi connectivity index (χ1) is 12.2. The number of rotatable bonds is 4. The third-order valence-corrected chi connectivity index (χ3v) is 4.26. The average Bonchev–Trinajstić information content (AvgIpc) is 2.98. The van der Waals surface area contributed by atoms with E-state index in [9.17, 15) is 22.7 Å². The smallest absolute Gasteiger partial charge is 0.416 e. The minimum Gasteiger partial charge on any atom is -0.507 e. The summed E-state index contributed by atoms with van der Waals surface area (Å²) in [5.41, 5.74) is -0.203. The summed E-state index contributed by atoms with van der Waals surface area (Å²) in [6.07, 6.45) is -4.95. The van der Waals surface area contributed by atoms with Gasteiger partial charge in [0.25, 0.3) is 0 Å². The predicted molar refractivity (Wildman–Crippen MR) is 88.7 cm³/mol. The highest BCUT2D eigenvalue weighted by atomic mass is 19.4. The first kappa shape index (κ1) is 18.4. The summed E-state index contributed by atoms with van der Waals surface area (Å²) in [6, 6.07) is 4.82. The molecule has 0 unspecified atom stereocenters. The second-order valence-corrected chi connectivity index (χ2v) is 6.31. The van der Waals surface area contributed by atoms with Crippen LogP contribution in [-0.2, 0) is 6.18 Å². The SMILES string of the molecule is Cc1cc(C(F)(F)F)cc(O)c1-c1ccc(NC[C@H]2C[C@H](F)CN2)nn1. The van der Waals surface area contributed by atoms with Crippen LogP contribution in [0.3, 0.4) is 0 Å². The number of aromatic hydroxyl groups is 1. The van der Waals surface area contributed by atoms with E-state index in [0.29, 0.717) is 31.4 Å². The molecule has 0 saturated carbocycles. The van der Waals surface area contributed by atoms with E-state index >= 15 is 0 Å². The molecule has 0 radical (unpaired) electrons. The summed E-state index contributed by atoms with van der Waals surface area (Å²) in [5.74, 6) is -0.0432. The summed E-state index contributed by atoms with van der Waals surface area (Å²) in [7, 11) is 0. The Kier molecular flexibility index (Phi) is 4.99. The first-order valence-corrected chi connectivity index (χ1v) is 8.10. The van der Waals surface area contributed by atoms with Gasteiger partial charge in [0, 0.05) is 24.7 Å². The number of halogens is 4. The van der Waals surface area contributed by atoms with Crippen molar-refractivity contribution in [3.8, 4) is 17.0 Å². The Bertz CT molecular complexity index is 756. The summed E-state index contributed by atoms with van der Waals surface area (Å²) < 4.78 is 51.5. The molecular weight excluding hydrogens is 352 g/mol. The zero-order valence-electron chi connectivity index (χ0n) is 13.9. The molecule has 1 saturated heterocycles. The number of aromatic nitrogens is 2. The molecule has 0 spiro atoms. The van der Waals surface area contributed by atoms with Gasteiger partial charge < -0.3 is 15.7 Å². The maximum atomic E-state index is 13.1. The predicted octanol–water partition coefficient (Wildman–Crippen LogP) is 3.29. The molecule has 26 heavy (non-hydrogen) atoms. The lowest BCUT2D eigenvalue weighted by atomic mass is 10.0. The van der Waals surface area contributed by atoms with Gasteiger partial charge in [0.2, 0.25) is 0 Å². The molecule has 1 aliphatic heterocycles. The zero-order valence-corrected chi connectivity index (χ0v) is 13.9. The number of benzene rings is 1. The standard InChI is InChI=1S/C17H18F4N4O/c1-9-4-10(17(19,20)21)5-14(26)16(9)13-2-3-15(25-24-13)23-8-12-6-11(18)7-22-12/h2-5,11-12,22,26H,6-8H2,1H3,(H,23,25)/t11-,12+/m0/s1.